The minimum absolute atomic E-state index is 0.0368. The number of thioether (sulfide) groups is 1. The molecule has 0 bridgehead atoms. The number of aromatic nitrogens is 3. The lowest BCUT2D eigenvalue weighted by Gasteiger charge is -2.10. The monoisotopic (exact) mass is 389 g/mol. The van der Waals surface area contributed by atoms with Crippen LogP contribution in [0.4, 0.5) is 8.78 Å². The Bertz CT molecular complexity index is 975. The molecule has 2 aromatic carbocycles. The average molecular weight is 389 g/mol. The second-order valence-corrected chi connectivity index (χ2v) is 6.53. The lowest BCUT2D eigenvalue weighted by Crippen LogP contribution is -2.06. The van der Waals surface area contributed by atoms with E-state index in [1.54, 1.807) is 7.11 Å². The van der Waals surface area contributed by atoms with Gasteiger partial charge in [-0.25, -0.2) is 8.78 Å². The van der Waals surface area contributed by atoms with Crippen LogP contribution >= 0.6 is 11.8 Å². The molecule has 0 spiro atoms. The number of hydrogen-bond donors (Lipinski definition) is 0. The highest BCUT2D eigenvalue weighted by Crippen LogP contribution is 2.31. The van der Waals surface area contributed by atoms with Gasteiger partial charge in [0, 0.05) is 12.1 Å². The summed E-state index contributed by atoms with van der Waals surface area (Å²) in [5, 5.41) is 8.97. The minimum Gasteiger partial charge on any atom is -0.496 e. The zero-order chi connectivity index (χ0) is 19.4. The molecular weight excluding hydrogens is 372 g/mol. The first-order valence-electron chi connectivity index (χ1n) is 8.22. The van der Waals surface area contributed by atoms with Crippen molar-refractivity contribution in [3.05, 3.63) is 59.7 Å². The summed E-state index contributed by atoms with van der Waals surface area (Å²) in [6, 6.07) is 10.6. The standard InChI is InChI=1S/C19H17F2N3O2S/c1-3-24-18(13-6-4-5-7-17(13)26-2)22-23-19(24)27-11-16(25)12-8-9-14(20)15(21)10-12/h4-10H,3,11H2,1-2H3. The van der Waals surface area contributed by atoms with Crippen molar-refractivity contribution in [2.24, 2.45) is 0 Å². The zero-order valence-corrected chi connectivity index (χ0v) is 15.6. The number of nitrogens with zero attached hydrogens (tertiary/aromatic N) is 3. The Kier molecular flexibility index (Phi) is 5.85. The number of rotatable bonds is 7. The largest absolute Gasteiger partial charge is 0.496 e. The molecular formula is C19H17F2N3O2S. The second-order valence-electron chi connectivity index (χ2n) is 5.59. The summed E-state index contributed by atoms with van der Waals surface area (Å²) in [5.41, 5.74) is 0.919. The third kappa shape index (κ3) is 4.00. The van der Waals surface area contributed by atoms with Gasteiger partial charge in [-0.1, -0.05) is 23.9 Å². The lowest BCUT2D eigenvalue weighted by molar-refractivity contribution is 0.102. The number of carbonyl (C=O) groups is 1. The van der Waals surface area contributed by atoms with Gasteiger partial charge in [-0.05, 0) is 37.3 Å². The van der Waals surface area contributed by atoms with Crippen LogP contribution in [0.25, 0.3) is 11.4 Å². The van der Waals surface area contributed by atoms with E-state index in [0.29, 0.717) is 23.3 Å². The maximum Gasteiger partial charge on any atom is 0.191 e. The highest BCUT2D eigenvalue weighted by molar-refractivity contribution is 7.99. The molecule has 0 amide bonds. The molecule has 0 radical (unpaired) electrons. The van der Waals surface area contributed by atoms with E-state index in [4.69, 9.17) is 4.74 Å². The van der Waals surface area contributed by atoms with Crippen LogP contribution in [0.1, 0.15) is 17.3 Å². The molecule has 0 atom stereocenters. The number of Topliss-reactive ketones (excluding diaryl/α,β-unsaturated/α-hetero) is 1. The van der Waals surface area contributed by atoms with Crippen LogP contribution in [-0.2, 0) is 6.54 Å². The summed E-state index contributed by atoms with van der Waals surface area (Å²) in [6.07, 6.45) is 0. The Hall–Kier alpha value is -2.74. The molecule has 3 aromatic rings. The molecule has 1 aromatic heterocycles. The van der Waals surface area contributed by atoms with Crippen LogP contribution in [0.2, 0.25) is 0 Å². The molecule has 140 valence electrons. The predicted molar refractivity (Wildman–Crippen MR) is 99.1 cm³/mol. The number of halogens is 2. The van der Waals surface area contributed by atoms with Crippen LogP contribution in [0, 0.1) is 11.6 Å². The Morgan fingerprint density at radius 1 is 1.15 bits per heavy atom. The van der Waals surface area contributed by atoms with Gasteiger partial charge in [0.2, 0.25) is 0 Å². The van der Waals surface area contributed by atoms with Crippen LogP contribution in [0.3, 0.4) is 0 Å². The van der Waals surface area contributed by atoms with E-state index < -0.39 is 11.6 Å². The summed E-state index contributed by atoms with van der Waals surface area (Å²) >= 11 is 1.20. The van der Waals surface area contributed by atoms with E-state index in [1.165, 1.54) is 17.8 Å². The van der Waals surface area contributed by atoms with E-state index in [0.717, 1.165) is 17.7 Å². The van der Waals surface area contributed by atoms with Crippen LogP contribution in [0.5, 0.6) is 5.75 Å². The topological polar surface area (TPSA) is 57.0 Å². The van der Waals surface area contributed by atoms with E-state index in [-0.39, 0.29) is 17.1 Å². The molecule has 27 heavy (non-hydrogen) atoms. The fourth-order valence-corrected chi connectivity index (χ4v) is 3.49. The highest BCUT2D eigenvalue weighted by Gasteiger charge is 2.18. The number of carbonyl (C=O) groups excluding carboxylic acids is 1. The van der Waals surface area contributed by atoms with E-state index in [2.05, 4.69) is 10.2 Å². The average Bonchev–Trinajstić information content (AvgIpc) is 3.10. The summed E-state index contributed by atoms with van der Waals surface area (Å²) in [4.78, 5) is 12.3. The van der Waals surface area contributed by atoms with Crippen molar-refractivity contribution in [3.63, 3.8) is 0 Å². The molecule has 0 unspecified atom stereocenters. The Labute approximate surface area is 159 Å². The molecule has 1 heterocycles. The van der Waals surface area contributed by atoms with Gasteiger partial charge in [0.25, 0.3) is 0 Å². The summed E-state index contributed by atoms with van der Waals surface area (Å²) in [6.45, 7) is 2.55. The van der Waals surface area contributed by atoms with E-state index >= 15 is 0 Å². The molecule has 8 heteroatoms. The van der Waals surface area contributed by atoms with Crippen LogP contribution in [0.15, 0.2) is 47.6 Å². The molecule has 0 N–H and O–H groups in total. The number of ether oxygens (including phenoxy) is 1. The maximum absolute atomic E-state index is 13.3. The fraction of sp³-hybridized carbons (Fsp3) is 0.211. The molecule has 3 rings (SSSR count). The van der Waals surface area contributed by atoms with Crippen molar-refractivity contribution >= 4 is 17.5 Å². The van der Waals surface area contributed by atoms with Gasteiger partial charge in [-0.15, -0.1) is 10.2 Å². The predicted octanol–water partition coefficient (Wildman–Crippen LogP) is 4.23. The normalized spacial score (nSPS) is 10.8. The first-order valence-corrected chi connectivity index (χ1v) is 9.21. The molecule has 0 aliphatic rings. The number of ketones is 1. The van der Waals surface area contributed by atoms with E-state index in [1.807, 2.05) is 35.8 Å². The van der Waals surface area contributed by atoms with Gasteiger partial charge in [-0.3, -0.25) is 4.79 Å². The van der Waals surface area contributed by atoms with Crippen molar-refractivity contribution < 1.29 is 18.3 Å². The Balaban J connectivity index is 1.81. The third-order valence-electron chi connectivity index (χ3n) is 3.95. The number of hydrogen-bond acceptors (Lipinski definition) is 5. The summed E-state index contributed by atoms with van der Waals surface area (Å²) in [5.74, 6) is -0.989. The molecule has 0 aliphatic carbocycles. The molecule has 0 aliphatic heterocycles. The van der Waals surface area contributed by atoms with Crippen molar-refractivity contribution in [3.8, 4) is 17.1 Å². The Morgan fingerprint density at radius 2 is 1.93 bits per heavy atom. The van der Waals surface area contributed by atoms with Gasteiger partial charge in [0.1, 0.15) is 5.75 Å². The minimum atomic E-state index is -1.04. The van der Waals surface area contributed by atoms with Crippen molar-refractivity contribution in [1.29, 1.82) is 0 Å². The maximum atomic E-state index is 13.3. The van der Waals surface area contributed by atoms with Gasteiger partial charge in [-0.2, -0.15) is 0 Å². The lowest BCUT2D eigenvalue weighted by atomic mass is 10.1. The molecule has 0 saturated heterocycles. The molecule has 0 fully saturated rings. The second kappa shape index (κ2) is 8.30. The van der Waals surface area contributed by atoms with Crippen molar-refractivity contribution in [2.45, 2.75) is 18.6 Å². The molecule has 0 saturated carbocycles. The first-order chi connectivity index (χ1) is 13.0. The number of benzene rings is 2. The van der Waals surface area contributed by atoms with Gasteiger partial charge in [0.05, 0.1) is 18.4 Å². The first kappa shape index (κ1) is 19.0. The quantitative estimate of drug-likeness (QED) is 0.447. The summed E-state index contributed by atoms with van der Waals surface area (Å²) in [7, 11) is 1.58. The zero-order valence-electron chi connectivity index (χ0n) is 14.8. The SMILES string of the molecule is CCn1c(SCC(=O)c2ccc(F)c(F)c2)nnc1-c1ccccc1OC. The van der Waals surface area contributed by atoms with E-state index in [9.17, 15) is 13.6 Å². The Morgan fingerprint density at radius 3 is 2.63 bits per heavy atom. The fourth-order valence-electron chi connectivity index (χ4n) is 2.59. The van der Waals surface area contributed by atoms with Gasteiger partial charge < -0.3 is 9.30 Å². The number of para-hydroxylation sites is 1. The van der Waals surface area contributed by atoms with Gasteiger partial charge in [0.15, 0.2) is 28.4 Å². The highest BCUT2D eigenvalue weighted by atomic mass is 32.2. The third-order valence-corrected chi connectivity index (χ3v) is 4.92. The van der Waals surface area contributed by atoms with Crippen molar-refractivity contribution in [1.82, 2.24) is 14.8 Å². The van der Waals surface area contributed by atoms with Crippen molar-refractivity contribution in [2.75, 3.05) is 12.9 Å². The molecule has 5 nitrogen and oxygen atoms in total. The van der Waals surface area contributed by atoms with Crippen LogP contribution in [-0.4, -0.2) is 33.4 Å². The smallest absolute Gasteiger partial charge is 0.191 e. The van der Waals surface area contributed by atoms with Crippen LogP contribution < -0.4 is 4.74 Å². The van der Waals surface area contributed by atoms with Gasteiger partial charge >= 0.3 is 0 Å². The summed E-state index contributed by atoms with van der Waals surface area (Å²) < 4.78 is 33.6. The number of methoxy groups -OCH3 is 1.